The summed E-state index contributed by atoms with van der Waals surface area (Å²) in [6, 6.07) is 0.737. The smallest absolute Gasteiger partial charge is 0.0707 e. The number of likely N-dealkylation sites (tertiary alicyclic amines) is 1. The zero-order valence-electron chi connectivity index (χ0n) is 11.7. The molecular weight excluding hydrogens is 224 g/mol. The zero-order chi connectivity index (χ0) is 12.5. The van der Waals surface area contributed by atoms with Gasteiger partial charge < -0.3 is 10.5 Å². The fraction of sp³-hybridized carbons (Fsp3) is 1.00. The van der Waals surface area contributed by atoms with Gasteiger partial charge in [-0.2, -0.15) is 0 Å². The normalized spacial score (nSPS) is 45.3. The van der Waals surface area contributed by atoms with Gasteiger partial charge in [0.15, 0.2) is 0 Å². The van der Waals surface area contributed by atoms with Crippen molar-refractivity contribution in [1.29, 1.82) is 0 Å². The molecule has 0 amide bonds. The second-order valence-electron chi connectivity index (χ2n) is 6.56. The van der Waals surface area contributed by atoms with Crippen molar-refractivity contribution in [2.75, 3.05) is 19.6 Å². The molecule has 18 heavy (non-hydrogen) atoms. The lowest BCUT2D eigenvalue weighted by Crippen LogP contribution is -2.53. The van der Waals surface area contributed by atoms with Crippen LogP contribution < -0.4 is 5.73 Å². The Morgan fingerprint density at radius 3 is 2.44 bits per heavy atom. The fourth-order valence-corrected chi connectivity index (χ4v) is 4.30. The maximum absolute atomic E-state index is 6.01. The molecule has 2 aliphatic heterocycles. The van der Waals surface area contributed by atoms with E-state index in [1.165, 1.54) is 38.5 Å². The SMILES string of the molecule is CCC1CCC(CN)C(N2CC3CCC(C2)O3)C1. The topological polar surface area (TPSA) is 38.5 Å². The van der Waals surface area contributed by atoms with Crippen LogP contribution in [0, 0.1) is 11.8 Å². The van der Waals surface area contributed by atoms with Crippen molar-refractivity contribution in [1.82, 2.24) is 4.90 Å². The van der Waals surface area contributed by atoms with E-state index in [1.807, 2.05) is 0 Å². The van der Waals surface area contributed by atoms with Crippen molar-refractivity contribution < 1.29 is 4.74 Å². The van der Waals surface area contributed by atoms with E-state index in [9.17, 15) is 0 Å². The Hall–Kier alpha value is -0.120. The average Bonchev–Trinajstić information content (AvgIpc) is 2.76. The van der Waals surface area contributed by atoms with Gasteiger partial charge in [-0.25, -0.2) is 0 Å². The molecule has 0 aromatic rings. The molecule has 0 spiro atoms. The van der Waals surface area contributed by atoms with Crippen molar-refractivity contribution in [2.45, 2.75) is 63.7 Å². The average molecular weight is 252 g/mol. The van der Waals surface area contributed by atoms with Crippen molar-refractivity contribution in [2.24, 2.45) is 17.6 Å². The molecule has 5 atom stereocenters. The Morgan fingerprint density at radius 1 is 1.11 bits per heavy atom. The van der Waals surface area contributed by atoms with Crippen LogP contribution in [0.4, 0.5) is 0 Å². The van der Waals surface area contributed by atoms with E-state index in [0.29, 0.717) is 12.2 Å². The van der Waals surface area contributed by atoms with Crippen LogP contribution in [0.3, 0.4) is 0 Å². The van der Waals surface area contributed by atoms with Crippen molar-refractivity contribution >= 4 is 0 Å². The van der Waals surface area contributed by atoms with E-state index < -0.39 is 0 Å². The highest BCUT2D eigenvalue weighted by Crippen LogP contribution is 2.37. The van der Waals surface area contributed by atoms with Crippen LogP contribution in [0.25, 0.3) is 0 Å². The summed E-state index contributed by atoms with van der Waals surface area (Å²) in [5.74, 6) is 1.66. The van der Waals surface area contributed by atoms with E-state index in [0.717, 1.165) is 37.5 Å². The molecule has 3 nitrogen and oxygen atoms in total. The first kappa shape index (κ1) is 12.9. The summed E-state index contributed by atoms with van der Waals surface area (Å²) in [5, 5.41) is 0. The van der Waals surface area contributed by atoms with Crippen molar-refractivity contribution in [3.8, 4) is 0 Å². The first-order valence-electron chi connectivity index (χ1n) is 7.89. The van der Waals surface area contributed by atoms with Gasteiger partial charge in [-0.3, -0.25) is 4.90 Å². The molecule has 2 bridgehead atoms. The minimum atomic E-state index is 0.518. The Morgan fingerprint density at radius 2 is 1.83 bits per heavy atom. The minimum absolute atomic E-state index is 0.518. The highest BCUT2D eigenvalue weighted by atomic mass is 16.5. The predicted molar refractivity (Wildman–Crippen MR) is 73.4 cm³/mol. The third-order valence-electron chi connectivity index (χ3n) is 5.49. The van der Waals surface area contributed by atoms with Crippen LogP contribution in [0.2, 0.25) is 0 Å². The highest BCUT2D eigenvalue weighted by Gasteiger charge is 2.40. The zero-order valence-corrected chi connectivity index (χ0v) is 11.7. The second-order valence-corrected chi connectivity index (χ2v) is 6.56. The summed E-state index contributed by atoms with van der Waals surface area (Å²) in [6.45, 7) is 5.53. The van der Waals surface area contributed by atoms with Crippen LogP contribution in [-0.2, 0) is 4.74 Å². The molecule has 0 aromatic heterocycles. The Labute approximate surface area is 111 Å². The molecule has 5 unspecified atom stereocenters. The number of nitrogens with two attached hydrogens (primary N) is 1. The standard InChI is InChI=1S/C15H28N2O/c1-2-11-3-4-12(8-16)15(7-11)17-9-13-5-6-14(10-17)18-13/h11-15H,2-10,16H2,1H3. The number of nitrogens with zero attached hydrogens (tertiary/aromatic N) is 1. The lowest BCUT2D eigenvalue weighted by molar-refractivity contribution is -0.0698. The highest BCUT2D eigenvalue weighted by molar-refractivity contribution is 4.93. The molecule has 2 saturated heterocycles. The Bertz CT molecular complexity index is 272. The monoisotopic (exact) mass is 252 g/mol. The van der Waals surface area contributed by atoms with Gasteiger partial charge in [0.2, 0.25) is 0 Å². The molecule has 1 aliphatic carbocycles. The van der Waals surface area contributed by atoms with Gasteiger partial charge in [0.1, 0.15) is 0 Å². The number of hydrogen-bond donors (Lipinski definition) is 1. The fourth-order valence-electron chi connectivity index (χ4n) is 4.30. The summed E-state index contributed by atoms with van der Waals surface area (Å²) in [5.41, 5.74) is 6.01. The Balaban J connectivity index is 1.67. The van der Waals surface area contributed by atoms with Crippen LogP contribution in [-0.4, -0.2) is 42.8 Å². The molecule has 3 aliphatic rings. The first-order valence-corrected chi connectivity index (χ1v) is 7.89. The maximum atomic E-state index is 6.01. The van der Waals surface area contributed by atoms with Crippen molar-refractivity contribution in [3.63, 3.8) is 0 Å². The molecule has 104 valence electrons. The molecule has 0 aromatic carbocycles. The van der Waals surface area contributed by atoms with Gasteiger partial charge >= 0.3 is 0 Å². The van der Waals surface area contributed by atoms with Gasteiger partial charge in [0.05, 0.1) is 12.2 Å². The van der Waals surface area contributed by atoms with E-state index in [1.54, 1.807) is 0 Å². The summed E-state index contributed by atoms with van der Waals surface area (Å²) >= 11 is 0. The third kappa shape index (κ3) is 2.45. The predicted octanol–water partition coefficient (Wildman–Crippen LogP) is 2.00. The van der Waals surface area contributed by atoms with Crippen LogP contribution in [0.5, 0.6) is 0 Å². The van der Waals surface area contributed by atoms with Crippen molar-refractivity contribution in [3.05, 3.63) is 0 Å². The molecule has 3 rings (SSSR count). The molecule has 2 N–H and O–H groups in total. The van der Waals surface area contributed by atoms with E-state index in [4.69, 9.17) is 10.5 Å². The number of ether oxygens (including phenoxy) is 1. The lowest BCUT2D eigenvalue weighted by atomic mass is 9.76. The van der Waals surface area contributed by atoms with E-state index in [-0.39, 0.29) is 0 Å². The summed E-state index contributed by atoms with van der Waals surface area (Å²) in [4.78, 5) is 2.73. The van der Waals surface area contributed by atoms with Gasteiger partial charge in [-0.05, 0) is 44.1 Å². The largest absolute Gasteiger partial charge is 0.372 e. The molecule has 0 radical (unpaired) electrons. The van der Waals surface area contributed by atoms with Crippen LogP contribution in [0.15, 0.2) is 0 Å². The van der Waals surface area contributed by atoms with Crippen LogP contribution in [0.1, 0.15) is 45.4 Å². The molecular formula is C15H28N2O. The summed E-state index contributed by atoms with van der Waals surface area (Å²) < 4.78 is 5.97. The molecule has 3 heteroatoms. The summed E-state index contributed by atoms with van der Waals surface area (Å²) in [7, 11) is 0. The Kier molecular flexibility index (Phi) is 3.92. The third-order valence-corrected chi connectivity index (χ3v) is 5.49. The van der Waals surface area contributed by atoms with Crippen LogP contribution >= 0.6 is 0 Å². The summed E-state index contributed by atoms with van der Waals surface area (Å²) in [6.07, 6.45) is 9.03. The number of morpholine rings is 1. The second kappa shape index (κ2) is 5.48. The number of hydrogen-bond acceptors (Lipinski definition) is 3. The van der Waals surface area contributed by atoms with E-state index in [2.05, 4.69) is 11.8 Å². The number of fused-ring (bicyclic) bond motifs is 2. The first-order chi connectivity index (χ1) is 8.80. The maximum Gasteiger partial charge on any atom is 0.0707 e. The molecule has 2 heterocycles. The number of rotatable bonds is 3. The lowest BCUT2D eigenvalue weighted by Gasteiger charge is -2.45. The quantitative estimate of drug-likeness (QED) is 0.835. The van der Waals surface area contributed by atoms with Gasteiger partial charge in [0, 0.05) is 19.1 Å². The minimum Gasteiger partial charge on any atom is -0.372 e. The van der Waals surface area contributed by atoms with Gasteiger partial charge in [-0.15, -0.1) is 0 Å². The molecule has 3 fully saturated rings. The van der Waals surface area contributed by atoms with E-state index >= 15 is 0 Å². The van der Waals surface area contributed by atoms with Gasteiger partial charge in [0.25, 0.3) is 0 Å². The molecule has 1 saturated carbocycles. The van der Waals surface area contributed by atoms with Gasteiger partial charge in [-0.1, -0.05) is 19.8 Å².